The Morgan fingerprint density at radius 2 is 1.87 bits per heavy atom. The van der Waals surface area contributed by atoms with Crippen LogP contribution in [0.25, 0.3) is 0 Å². The van der Waals surface area contributed by atoms with E-state index in [0.717, 1.165) is 17.7 Å². The van der Waals surface area contributed by atoms with E-state index in [1.54, 1.807) is 23.1 Å². The first kappa shape index (κ1) is 15.7. The summed E-state index contributed by atoms with van der Waals surface area (Å²) < 4.78 is 13.8. The quantitative estimate of drug-likeness (QED) is 0.867. The van der Waals surface area contributed by atoms with Crippen molar-refractivity contribution in [3.8, 4) is 0 Å². The topological polar surface area (TPSA) is 23.6 Å². The Morgan fingerprint density at radius 1 is 1.17 bits per heavy atom. The van der Waals surface area contributed by atoms with E-state index in [9.17, 15) is 9.18 Å². The van der Waals surface area contributed by atoms with Gasteiger partial charge in [0, 0.05) is 18.3 Å². The molecule has 2 aromatic carbocycles. The summed E-state index contributed by atoms with van der Waals surface area (Å²) in [6.45, 7) is 0.660. The molecule has 1 amide bonds. The molecule has 0 aliphatic carbocycles. The van der Waals surface area contributed by atoms with Crippen molar-refractivity contribution in [2.75, 3.05) is 25.5 Å². The molecule has 1 aliphatic rings. The standard InChI is InChI=1S/C19H21FN2O/c1-21(2)17-11-12-22(18-10-6-4-8-15(17)18)19(23)13-14-7-3-5-9-16(14)20/h3-10,17H,11-13H2,1-2H3. The number of anilines is 1. The fourth-order valence-corrected chi connectivity index (χ4v) is 3.24. The molecule has 0 spiro atoms. The number of carbonyl (C=O) groups is 1. The van der Waals surface area contributed by atoms with Crippen LogP contribution < -0.4 is 4.90 Å². The lowest BCUT2D eigenvalue weighted by molar-refractivity contribution is -0.118. The second kappa shape index (κ2) is 6.50. The molecule has 3 rings (SSSR count). The molecule has 3 nitrogen and oxygen atoms in total. The van der Waals surface area contributed by atoms with Crippen LogP contribution in [-0.4, -0.2) is 31.4 Å². The smallest absolute Gasteiger partial charge is 0.231 e. The third-order valence-corrected chi connectivity index (χ3v) is 4.44. The number of hydrogen-bond donors (Lipinski definition) is 0. The molecule has 4 heteroatoms. The fourth-order valence-electron chi connectivity index (χ4n) is 3.24. The van der Waals surface area contributed by atoms with Crippen molar-refractivity contribution in [2.24, 2.45) is 0 Å². The Labute approximate surface area is 136 Å². The first-order valence-electron chi connectivity index (χ1n) is 7.87. The molecular formula is C19H21FN2O. The molecule has 0 aromatic heterocycles. The van der Waals surface area contributed by atoms with Gasteiger partial charge in [-0.05, 0) is 43.8 Å². The van der Waals surface area contributed by atoms with Gasteiger partial charge in [0.2, 0.25) is 5.91 Å². The molecule has 1 heterocycles. The van der Waals surface area contributed by atoms with Crippen molar-refractivity contribution in [2.45, 2.75) is 18.9 Å². The number of carbonyl (C=O) groups excluding carboxylic acids is 1. The van der Waals surface area contributed by atoms with Crippen molar-refractivity contribution in [3.63, 3.8) is 0 Å². The van der Waals surface area contributed by atoms with Gasteiger partial charge in [-0.25, -0.2) is 4.39 Å². The highest BCUT2D eigenvalue weighted by Crippen LogP contribution is 2.36. The minimum Gasteiger partial charge on any atom is -0.312 e. The Morgan fingerprint density at radius 3 is 2.61 bits per heavy atom. The maximum Gasteiger partial charge on any atom is 0.231 e. The maximum atomic E-state index is 13.8. The van der Waals surface area contributed by atoms with Crippen LogP contribution in [0.1, 0.15) is 23.6 Å². The van der Waals surface area contributed by atoms with E-state index in [4.69, 9.17) is 0 Å². The molecule has 1 atom stereocenters. The zero-order valence-corrected chi connectivity index (χ0v) is 13.5. The van der Waals surface area contributed by atoms with E-state index in [0.29, 0.717) is 18.2 Å². The molecule has 1 aliphatic heterocycles. The van der Waals surface area contributed by atoms with Crippen molar-refractivity contribution in [3.05, 3.63) is 65.5 Å². The molecule has 0 saturated carbocycles. The number of rotatable bonds is 3. The minimum atomic E-state index is -0.322. The predicted molar refractivity (Wildman–Crippen MR) is 89.9 cm³/mol. The van der Waals surface area contributed by atoms with Gasteiger partial charge < -0.3 is 9.80 Å². The second-order valence-corrected chi connectivity index (χ2v) is 6.14. The van der Waals surface area contributed by atoms with Crippen molar-refractivity contribution >= 4 is 11.6 Å². The number of nitrogens with zero attached hydrogens (tertiary/aromatic N) is 2. The normalized spacial score (nSPS) is 17.2. The van der Waals surface area contributed by atoms with Gasteiger partial charge in [-0.3, -0.25) is 4.79 Å². The molecule has 0 fully saturated rings. The number of amides is 1. The summed E-state index contributed by atoms with van der Waals surface area (Å²) in [6, 6.07) is 14.8. The zero-order chi connectivity index (χ0) is 16.4. The number of para-hydroxylation sites is 1. The summed E-state index contributed by atoms with van der Waals surface area (Å²) in [4.78, 5) is 16.7. The molecule has 0 bridgehead atoms. The number of benzene rings is 2. The lowest BCUT2D eigenvalue weighted by Crippen LogP contribution is -2.40. The Bertz CT molecular complexity index is 714. The van der Waals surface area contributed by atoms with Crippen LogP contribution in [-0.2, 0) is 11.2 Å². The second-order valence-electron chi connectivity index (χ2n) is 6.14. The number of hydrogen-bond acceptors (Lipinski definition) is 2. The lowest BCUT2D eigenvalue weighted by atomic mass is 9.95. The van der Waals surface area contributed by atoms with E-state index >= 15 is 0 Å². The third kappa shape index (κ3) is 3.13. The van der Waals surface area contributed by atoms with E-state index in [1.165, 1.54) is 6.07 Å². The first-order chi connectivity index (χ1) is 11.1. The average Bonchev–Trinajstić information content (AvgIpc) is 2.55. The van der Waals surface area contributed by atoms with Crippen LogP contribution >= 0.6 is 0 Å². The van der Waals surface area contributed by atoms with Crippen LogP contribution in [0.15, 0.2) is 48.5 Å². The van der Waals surface area contributed by atoms with Crippen molar-refractivity contribution < 1.29 is 9.18 Å². The van der Waals surface area contributed by atoms with Crippen LogP contribution in [0.2, 0.25) is 0 Å². The molecule has 23 heavy (non-hydrogen) atoms. The SMILES string of the molecule is CN(C)C1CCN(C(=O)Cc2ccccc2F)c2ccccc21. The Balaban J connectivity index is 1.87. The molecule has 2 aromatic rings. The van der Waals surface area contributed by atoms with Crippen molar-refractivity contribution in [1.82, 2.24) is 4.90 Å². The largest absolute Gasteiger partial charge is 0.312 e. The number of fused-ring (bicyclic) bond motifs is 1. The minimum absolute atomic E-state index is 0.0558. The fraction of sp³-hybridized carbons (Fsp3) is 0.316. The van der Waals surface area contributed by atoms with Crippen LogP contribution in [0.4, 0.5) is 10.1 Å². The first-order valence-corrected chi connectivity index (χ1v) is 7.87. The molecule has 0 saturated heterocycles. The van der Waals surface area contributed by atoms with Crippen LogP contribution in [0.5, 0.6) is 0 Å². The highest BCUT2D eigenvalue weighted by atomic mass is 19.1. The van der Waals surface area contributed by atoms with Crippen LogP contribution in [0, 0.1) is 5.82 Å². The van der Waals surface area contributed by atoms with Gasteiger partial charge in [-0.15, -0.1) is 0 Å². The third-order valence-electron chi connectivity index (χ3n) is 4.44. The van der Waals surface area contributed by atoms with E-state index in [-0.39, 0.29) is 18.1 Å². The highest BCUT2D eigenvalue weighted by molar-refractivity contribution is 5.96. The lowest BCUT2D eigenvalue weighted by Gasteiger charge is -2.37. The summed E-state index contributed by atoms with van der Waals surface area (Å²) in [5.74, 6) is -0.378. The van der Waals surface area contributed by atoms with E-state index < -0.39 is 0 Å². The van der Waals surface area contributed by atoms with E-state index in [1.807, 2.05) is 18.2 Å². The molecule has 1 unspecified atom stereocenters. The molecule has 0 N–H and O–H groups in total. The van der Waals surface area contributed by atoms with Crippen LogP contribution in [0.3, 0.4) is 0 Å². The Kier molecular flexibility index (Phi) is 4.44. The van der Waals surface area contributed by atoms with Crippen molar-refractivity contribution in [1.29, 1.82) is 0 Å². The average molecular weight is 312 g/mol. The van der Waals surface area contributed by atoms with Gasteiger partial charge in [-0.2, -0.15) is 0 Å². The molecular weight excluding hydrogens is 291 g/mol. The van der Waals surface area contributed by atoms with Gasteiger partial charge in [-0.1, -0.05) is 36.4 Å². The summed E-state index contributed by atoms with van der Waals surface area (Å²) in [7, 11) is 4.11. The zero-order valence-electron chi connectivity index (χ0n) is 13.5. The number of halogens is 1. The molecule has 0 radical (unpaired) electrons. The van der Waals surface area contributed by atoms with Gasteiger partial charge in [0.25, 0.3) is 0 Å². The van der Waals surface area contributed by atoms with Gasteiger partial charge >= 0.3 is 0 Å². The predicted octanol–water partition coefficient (Wildman–Crippen LogP) is 3.41. The highest BCUT2D eigenvalue weighted by Gasteiger charge is 2.29. The van der Waals surface area contributed by atoms with E-state index in [2.05, 4.69) is 25.1 Å². The summed E-state index contributed by atoms with van der Waals surface area (Å²) in [5.41, 5.74) is 2.55. The Hall–Kier alpha value is -2.20. The summed E-state index contributed by atoms with van der Waals surface area (Å²) in [5, 5.41) is 0. The van der Waals surface area contributed by atoms with Gasteiger partial charge in [0.1, 0.15) is 5.82 Å². The summed E-state index contributed by atoms with van der Waals surface area (Å²) in [6.07, 6.45) is 0.973. The van der Waals surface area contributed by atoms with Gasteiger partial charge in [0.15, 0.2) is 0 Å². The maximum absolute atomic E-state index is 13.8. The monoisotopic (exact) mass is 312 g/mol. The van der Waals surface area contributed by atoms with Gasteiger partial charge in [0.05, 0.1) is 6.42 Å². The molecule has 120 valence electrons. The summed E-state index contributed by atoms with van der Waals surface area (Å²) >= 11 is 0.